The van der Waals surface area contributed by atoms with E-state index in [1.807, 2.05) is 12.1 Å². The van der Waals surface area contributed by atoms with Gasteiger partial charge in [-0.1, -0.05) is 11.6 Å². The second-order valence-electron chi connectivity index (χ2n) is 5.35. The maximum absolute atomic E-state index is 11.8. The SMILES string of the molecule is O=C(O)C1(Nc2ccc(Cl)cc2)CCN2CCCC21. The topological polar surface area (TPSA) is 52.6 Å². The predicted molar refractivity (Wildman–Crippen MR) is 74.7 cm³/mol. The number of aliphatic carboxylic acids is 1. The van der Waals surface area contributed by atoms with Crippen LogP contribution < -0.4 is 5.32 Å². The summed E-state index contributed by atoms with van der Waals surface area (Å²) >= 11 is 5.86. The molecule has 5 heteroatoms. The maximum Gasteiger partial charge on any atom is 0.331 e. The Hall–Kier alpha value is -1.26. The zero-order chi connectivity index (χ0) is 13.5. The molecule has 0 spiro atoms. The minimum atomic E-state index is -0.857. The summed E-state index contributed by atoms with van der Waals surface area (Å²) in [4.78, 5) is 14.1. The fraction of sp³-hybridized carbons (Fsp3) is 0.500. The van der Waals surface area contributed by atoms with Crippen molar-refractivity contribution in [2.45, 2.75) is 30.8 Å². The lowest BCUT2D eigenvalue weighted by molar-refractivity contribution is -0.143. The number of benzene rings is 1. The summed E-state index contributed by atoms with van der Waals surface area (Å²) < 4.78 is 0. The summed E-state index contributed by atoms with van der Waals surface area (Å²) in [6, 6.07) is 7.33. The molecular weight excluding hydrogens is 264 g/mol. The summed E-state index contributed by atoms with van der Waals surface area (Å²) in [6.07, 6.45) is 2.69. The Kier molecular flexibility index (Phi) is 3.15. The van der Waals surface area contributed by atoms with Gasteiger partial charge in [0.15, 0.2) is 5.54 Å². The van der Waals surface area contributed by atoms with Gasteiger partial charge in [-0.15, -0.1) is 0 Å². The van der Waals surface area contributed by atoms with Crippen LogP contribution in [-0.4, -0.2) is 40.6 Å². The first-order valence-electron chi connectivity index (χ1n) is 6.63. The first-order chi connectivity index (χ1) is 9.12. The number of carboxylic acids is 1. The van der Waals surface area contributed by atoms with E-state index < -0.39 is 11.5 Å². The third kappa shape index (κ3) is 2.09. The van der Waals surface area contributed by atoms with Crippen LogP contribution >= 0.6 is 11.6 Å². The standard InChI is InChI=1S/C14H17ClN2O2/c15-10-3-5-11(6-4-10)16-14(13(18)19)7-9-17-8-1-2-12(14)17/h3-6,12,16H,1-2,7-9H2,(H,18,19). The lowest BCUT2D eigenvalue weighted by Gasteiger charge is -2.33. The Morgan fingerprint density at radius 3 is 2.79 bits per heavy atom. The minimum absolute atomic E-state index is 0.0979. The van der Waals surface area contributed by atoms with Gasteiger partial charge < -0.3 is 10.4 Å². The van der Waals surface area contributed by atoms with Crippen LogP contribution in [-0.2, 0) is 4.79 Å². The number of anilines is 1. The van der Waals surface area contributed by atoms with Crippen molar-refractivity contribution >= 4 is 23.3 Å². The highest BCUT2D eigenvalue weighted by Crippen LogP contribution is 2.38. The lowest BCUT2D eigenvalue weighted by atomic mass is 9.88. The molecule has 2 heterocycles. The summed E-state index contributed by atoms with van der Waals surface area (Å²) in [5, 5.41) is 13.6. The normalized spacial score (nSPS) is 30.3. The molecule has 0 amide bonds. The summed E-state index contributed by atoms with van der Waals surface area (Å²) in [5.41, 5.74) is -0.0369. The van der Waals surface area contributed by atoms with Crippen LogP contribution in [0.2, 0.25) is 5.02 Å². The van der Waals surface area contributed by atoms with E-state index in [9.17, 15) is 9.90 Å². The highest BCUT2D eigenvalue weighted by Gasteiger charge is 2.54. The van der Waals surface area contributed by atoms with Crippen LogP contribution in [0.15, 0.2) is 24.3 Å². The molecule has 0 radical (unpaired) electrons. The van der Waals surface area contributed by atoms with Gasteiger partial charge in [-0.3, -0.25) is 4.90 Å². The van der Waals surface area contributed by atoms with Crippen LogP contribution in [0.1, 0.15) is 19.3 Å². The van der Waals surface area contributed by atoms with E-state index in [2.05, 4.69) is 10.2 Å². The highest BCUT2D eigenvalue weighted by atomic mass is 35.5. The monoisotopic (exact) mass is 280 g/mol. The quantitative estimate of drug-likeness (QED) is 0.893. The van der Waals surface area contributed by atoms with Crippen molar-refractivity contribution in [1.82, 2.24) is 4.90 Å². The largest absolute Gasteiger partial charge is 0.479 e. The molecule has 2 fully saturated rings. The average Bonchev–Trinajstić information content (AvgIpc) is 2.96. The number of rotatable bonds is 3. The number of hydrogen-bond donors (Lipinski definition) is 2. The number of halogens is 1. The van der Waals surface area contributed by atoms with E-state index in [1.165, 1.54) is 0 Å². The molecule has 1 aromatic carbocycles. The third-order valence-corrected chi connectivity index (χ3v) is 4.57. The minimum Gasteiger partial charge on any atom is -0.479 e. The molecular formula is C14H17ClN2O2. The molecule has 2 saturated heterocycles. The van der Waals surface area contributed by atoms with E-state index >= 15 is 0 Å². The van der Waals surface area contributed by atoms with Crippen LogP contribution in [0, 0.1) is 0 Å². The van der Waals surface area contributed by atoms with Gasteiger partial charge in [-0.05, 0) is 50.1 Å². The fourth-order valence-corrected chi connectivity index (χ4v) is 3.50. The molecule has 2 atom stereocenters. The fourth-order valence-electron chi connectivity index (χ4n) is 3.38. The lowest BCUT2D eigenvalue weighted by Crippen LogP contribution is -2.54. The Balaban J connectivity index is 1.89. The van der Waals surface area contributed by atoms with Crippen molar-refractivity contribution in [2.75, 3.05) is 18.4 Å². The Morgan fingerprint density at radius 1 is 1.37 bits per heavy atom. The highest BCUT2D eigenvalue weighted by molar-refractivity contribution is 6.30. The predicted octanol–water partition coefficient (Wildman–Crippen LogP) is 2.44. The molecule has 3 rings (SSSR count). The molecule has 2 aliphatic rings. The Labute approximate surface area is 117 Å². The van der Waals surface area contributed by atoms with Crippen molar-refractivity contribution in [2.24, 2.45) is 0 Å². The molecule has 2 aliphatic heterocycles. The van der Waals surface area contributed by atoms with E-state index in [0.717, 1.165) is 31.6 Å². The second-order valence-corrected chi connectivity index (χ2v) is 5.79. The molecule has 0 bridgehead atoms. The van der Waals surface area contributed by atoms with E-state index in [0.29, 0.717) is 11.4 Å². The van der Waals surface area contributed by atoms with Crippen molar-refractivity contribution in [3.05, 3.63) is 29.3 Å². The summed E-state index contributed by atoms with van der Waals surface area (Å²) in [6.45, 7) is 1.87. The van der Waals surface area contributed by atoms with Gasteiger partial charge in [0, 0.05) is 23.3 Å². The van der Waals surface area contributed by atoms with Crippen molar-refractivity contribution in [1.29, 1.82) is 0 Å². The first kappa shape index (κ1) is 12.8. The van der Waals surface area contributed by atoms with Gasteiger partial charge in [-0.25, -0.2) is 4.79 Å². The first-order valence-corrected chi connectivity index (χ1v) is 7.01. The van der Waals surface area contributed by atoms with Crippen molar-refractivity contribution in [3.8, 4) is 0 Å². The molecule has 2 unspecified atom stereocenters. The van der Waals surface area contributed by atoms with Gasteiger partial charge in [0.25, 0.3) is 0 Å². The van der Waals surface area contributed by atoms with Gasteiger partial charge in [-0.2, -0.15) is 0 Å². The van der Waals surface area contributed by atoms with Gasteiger partial charge in [0.2, 0.25) is 0 Å². The third-order valence-electron chi connectivity index (χ3n) is 4.32. The summed E-state index contributed by atoms with van der Waals surface area (Å²) in [5.74, 6) is -0.753. The molecule has 0 saturated carbocycles. The molecule has 0 aromatic heterocycles. The number of nitrogens with zero attached hydrogens (tertiary/aromatic N) is 1. The molecule has 2 N–H and O–H groups in total. The van der Waals surface area contributed by atoms with Crippen LogP contribution in [0.25, 0.3) is 0 Å². The average molecular weight is 281 g/mol. The molecule has 19 heavy (non-hydrogen) atoms. The zero-order valence-electron chi connectivity index (χ0n) is 10.6. The van der Waals surface area contributed by atoms with Crippen LogP contribution in [0.5, 0.6) is 0 Å². The summed E-state index contributed by atoms with van der Waals surface area (Å²) in [7, 11) is 0. The number of hydrogen-bond acceptors (Lipinski definition) is 3. The molecule has 0 aliphatic carbocycles. The number of nitrogens with one attached hydrogen (secondary N) is 1. The van der Waals surface area contributed by atoms with Gasteiger partial charge in [0.1, 0.15) is 0 Å². The van der Waals surface area contributed by atoms with E-state index in [-0.39, 0.29) is 6.04 Å². The number of fused-ring (bicyclic) bond motifs is 1. The van der Waals surface area contributed by atoms with E-state index in [4.69, 9.17) is 11.6 Å². The van der Waals surface area contributed by atoms with Crippen LogP contribution in [0.3, 0.4) is 0 Å². The number of carboxylic acid groups (broad SMARTS) is 1. The number of carbonyl (C=O) groups is 1. The van der Waals surface area contributed by atoms with Crippen molar-refractivity contribution < 1.29 is 9.90 Å². The van der Waals surface area contributed by atoms with Crippen molar-refractivity contribution in [3.63, 3.8) is 0 Å². The van der Waals surface area contributed by atoms with Crippen LogP contribution in [0.4, 0.5) is 5.69 Å². The molecule has 102 valence electrons. The van der Waals surface area contributed by atoms with E-state index in [1.54, 1.807) is 12.1 Å². The van der Waals surface area contributed by atoms with Gasteiger partial charge >= 0.3 is 5.97 Å². The molecule has 4 nitrogen and oxygen atoms in total. The zero-order valence-corrected chi connectivity index (χ0v) is 11.4. The molecule has 1 aromatic rings. The second kappa shape index (κ2) is 4.69. The smallest absolute Gasteiger partial charge is 0.331 e. The van der Waals surface area contributed by atoms with Gasteiger partial charge in [0.05, 0.1) is 0 Å². The Morgan fingerprint density at radius 2 is 2.11 bits per heavy atom. The Bertz CT molecular complexity index is 491. The maximum atomic E-state index is 11.8.